The van der Waals surface area contributed by atoms with Crippen LogP contribution in [0.2, 0.25) is 0 Å². The Morgan fingerprint density at radius 3 is 2.30 bits per heavy atom. The molecule has 1 amide bonds. The van der Waals surface area contributed by atoms with Gasteiger partial charge in [-0.1, -0.05) is 32.9 Å². The number of amides is 1. The van der Waals surface area contributed by atoms with E-state index in [0.29, 0.717) is 13.1 Å². The van der Waals surface area contributed by atoms with Gasteiger partial charge in [-0.25, -0.2) is 4.39 Å². The Labute approximate surface area is 121 Å². The molecule has 3 nitrogen and oxygen atoms in total. The first-order chi connectivity index (χ1) is 9.23. The predicted octanol–water partition coefficient (Wildman–Crippen LogP) is 2.80. The fourth-order valence-corrected chi connectivity index (χ4v) is 2.26. The van der Waals surface area contributed by atoms with E-state index in [1.807, 2.05) is 0 Å². The van der Waals surface area contributed by atoms with Gasteiger partial charge >= 0.3 is 0 Å². The molecule has 1 unspecified atom stereocenters. The average molecular weight is 280 g/mol. The SMILES string of the molecule is CN(Cc1ccc(F)cc1)C(=O)C(CN)CC(C)(C)C. The summed E-state index contributed by atoms with van der Waals surface area (Å²) in [6.45, 7) is 7.12. The van der Waals surface area contributed by atoms with Crippen molar-refractivity contribution in [3.63, 3.8) is 0 Å². The molecule has 0 aliphatic heterocycles. The first-order valence-electron chi connectivity index (χ1n) is 6.92. The van der Waals surface area contributed by atoms with Gasteiger partial charge in [0, 0.05) is 20.1 Å². The fraction of sp³-hybridized carbons (Fsp3) is 0.562. The van der Waals surface area contributed by atoms with E-state index in [4.69, 9.17) is 5.73 Å². The van der Waals surface area contributed by atoms with Crippen LogP contribution in [0.5, 0.6) is 0 Å². The van der Waals surface area contributed by atoms with E-state index in [9.17, 15) is 9.18 Å². The van der Waals surface area contributed by atoms with Crippen molar-refractivity contribution in [3.8, 4) is 0 Å². The Kier molecular flexibility index (Phi) is 5.69. The fourth-order valence-electron chi connectivity index (χ4n) is 2.26. The Balaban J connectivity index is 2.67. The minimum absolute atomic E-state index is 0.0479. The summed E-state index contributed by atoms with van der Waals surface area (Å²) in [5, 5.41) is 0. The second-order valence-corrected chi connectivity index (χ2v) is 6.52. The van der Waals surface area contributed by atoms with Crippen LogP contribution in [0.15, 0.2) is 24.3 Å². The molecule has 20 heavy (non-hydrogen) atoms. The van der Waals surface area contributed by atoms with Gasteiger partial charge in [0.2, 0.25) is 5.91 Å². The van der Waals surface area contributed by atoms with Crippen LogP contribution >= 0.6 is 0 Å². The minimum atomic E-state index is -0.268. The molecule has 1 atom stereocenters. The zero-order chi connectivity index (χ0) is 15.3. The summed E-state index contributed by atoms with van der Waals surface area (Å²) in [5.41, 5.74) is 6.71. The van der Waals surface area contributed by atoms with Crippen molar-refractivity contribution < 1.29 is 9.18 Å². The van der Waals surface area contributed by atoms with Gasteiger partial charge in [-0.3, -0.25) is 4.79 Å². The summed E-state index contributed by atoms with van der Waals surface area (Å²) in [4.78, 5) is 14.1. The zero-order valence-corrected chi connectivity index (χ0v) is 12.8. The molecule has 0 aliphatic rings. The normalized spacial score (nSPS) is 13.1. The van der Waals surface area contributed by atoms with Crippen LogP contribution in [0.4, 0.5) is 4.39 Å². The van der Waals surface area contributed by atoms with Crippen LogP contribution in [-0.4, -0.2) is 24.4 Å². The molecule has 0 saturated heterocycles. The Morgan fingerprint density at radius 2 is 1.85 bits per heavy atom. The molecule has 112 valence electrons. The third kappa shape index (κ3) is 5.29. The molecule has 1 aromatic carbocycles. The van der Waals surface area contributed by atoms with Crippen molar-refractivity contribution >= 4 is 5.91 Å². The van der Waals surface area contributed by atoms with E-state index < -0.39 is 0 Å². The summed E-state index contributed by atoms with van der Waals surface area (Å²) < 4.78 is 12.9. The van der Waals surface area contributed by atoms with Gasteiger partial charge in [0.25, 0.3) is 0 Å². The lowest BCUT2D eigenvalue weighted by Crippen LogP contribution is -2.38. The molecule has 0 radical (unpaired) electrons. The third-order valence-corrected chi connectivity index (χ3v) is 3.20. The molecule has 2 N–H and O–H groups in total. The molecule has 0 heterocycles. The molecule has 0 aromatic heterocycles. The summed E-state index contributed by atoms with van der Waals surface area (Å²) in [6.07, 6.45) is 0.760. The van der Waals surface area contributed by atoms with Crippen LogP contribution in [0, 0.1) is 17.2 Å². The van der Waals surface area contributed by atoms with Gasteiger partial charge in [-0.05, 0) is 29.5 Å². The molecule has 0 saturated carbocycles. The maximum atomic E-state index is 12.9. The van der Waals surface area contributed by atoms with Crippen molar-refractivity contribution in [3.05, 3.63) is 35.6 Å². The zero-order valence-electron chi connectivity index (χ0n) is 12.8. The number of benzene rings is 1. The van der Waals surface area contributed by atoms with E-state index in [1.54, 1.807) is 24.1 Å². The molecule has 0 spiro atoms. The van der Waals surface area contributed by atoms with Crippen molar-refractivity contribution in [2.45, 2.75) is 33.7 Å². The minimum Gasteiger partial charge on any atom is -0.341 e. The Morgan fingerprint density at radius 1 is 1.30 bits per heavy atom. The summed E-state index contributed by atoms with van der Waals surface area (Å²) in [5.74, 6) is -0.387. The maximum absolute atomic E-state index is 12.9. The molecule has 0 bridgehead atoms. The molecule has 0 fully saturated rings. The van der Waals surface area contributed by atoms with Gasteiger partial charge < -0.3 is 10.6 Å². The van der Waals surface area contributed by atoms with Crippen molar-refractivity contribution in [2.75, 3.05) is 13.6 Å². The van der Waals surface area contributed by atoms with E-state index in [1.165, 1.54) is 12.1 Å². The van der Waals surface area contributed by atoms with Crippen LogP contribution in [0.25, 0.3) is 0 Å². The summed E-state index contributed by atoms with van der Waals surface area (Å²) >= 11 is 0. The molecule has 0 aliphatic carbocycles. The first-order valence-corrected chi connectivity index (χ1v) is 6.92. The predicted molar refractivity (Wildman–Crippen MR) is 79.5 cm³/mol. The van der Waals surface area contributed by atoms with Gasteiger partial charge in [0.05, 0.1) is 5.92 Å². The first kappa shape index (κ1) is 16.6. The van der Waals surface area contributed by atoms with Crippen LogP contribution in [0.1, 0.15) is 32.8 Å². The summed E-state index contributed by atoms with van der Waals surface area (Å²) in [6, 6.07) is 6.20. The van der Waals surface area contributed by atoms with Gasteiger partial charge in [-0.2, -0.15) is 0 Å². The standard InChI is InChI=1S/C16H25FN2O/c1-16(2,3)9-13(10-18)15(20)19(4)11-12-5-7-14(17)8-6-12/h5-8,13H,9-11,18H2,1-4H3. The number of nitrogens with zero attached hydrogens (tertiary/aromatic N) is 1. The van der Waals surface area contributed by atoms with E-state index in [0.717, 1.165) is 12.0 Å². The second-order valence-electron chi connectivity index (χ2n) is 6.52. The Hall–Kier alpha value is -1.42. The highest BCUT2D eigenvalue weighted by Crippen LogP contribution is 2.25. The number of rotatable bonds is 5. The maximum Gasteiger partial charge on any atom is 0.227 e. The number of hydrogen-bond acceptors (Lipinski definition) is 2. The van der Waals surface area contributed by atoms with Crippen molar-refractivity contribution in [1.82, 2.24) is 4.90 Å². The molecular formula is C16H25FN2O. The molecule has 1 rings (SSSR count). The number of halogens is 1. The molecular weight excluding hydrogens is 255 g/mol. The lowest BCUT2D eigenvalue weighted by molar-refractivity contribution is -0.135. The second kappa shape index (κ2) is 6.84. The highest BCUT2D eigenvalue weighted by molar-refractivity contribution is 5.78. The lowest BCUT2D eigenvalue weighted by atomic mass is 9.84. The number of carbonyl (C=O) groups excluding carboxylic acids is 1. The highest BCUT2D eigenvalue weighted by Gasteiger charge is 2.26. The number of hydrogen-bond donors (Lipinski definition) is 1. The highest BCUT2D eigenvalue weighted by atomic mass is 19.1. The van der Waals surface area contributed by atoms with Crippen LogP contribution < -0.4 is 5.73 Å². The molecule has 1 aromatic rings. The number of carbonyl (C=O) groups is 1. The van der Waals surface area contributed by atoms with E-state index in [2.05, 4.69) is 20.8 Å². The van der Waals surface area contributed by atoms with E-state index >= 15 is 0 Å². The number of nitrogens with two attached hydrogens (primary N) is 1. The lowest BCUT2D eigenvalue weighted by Gasteiger charge is -2.28. The molecule has 4 heteroatoms. The van der Waals surface area contributed by atoms with Gasteiger partial charge in [0.1, 0.15) is 5.82 Å². The van der Waals surface area contributed by atoms with Crippen molar-refractivity contribution in [2.24, 2.45) is 17.1 Å². The average Bonchev–Trinajstić information content (AvgIpc) is 2.36. The van der Waals surface area contributed by atoms with E-state index in [-0.39, 0.29) is 23.1 Å². The largest absolute Gasteiger partial charge is 0.341 e. The summed E-state index contributed by atoms with van der Waals surface area (Å²) in [7, 11) is 1.76. The van der Waals surface area contributed by atoms with Crippen molar-refractivity contribution in [1.29, 1.82) is 0 Å². The van der Waals surface area contributed by atoms with Crippen LogP contribution in [-0.2, 0) is 11.3 Å². The topological polar surface area (TPSA) is 46.3 Å². The third-order valence-electron chi connectivity index (χ3n) is 3.20. The van der Waals surface area contributed by atoms with Gasteiger partial charge in [-0.15, -0.1) is 0 Å². The van der Waals surface area contributed by atoms with Crippen LogP contribution in [0.3, 0.4) is 0 Å². The Bertz CT molecular complexity index is 437. The smallest absolute Gasteiger partial charge is 0.227 e. The monoisotopic (exact) mass is 280 g/mol. The van der Waals surface area contributed by atoms with Gasteiger partial charge in [0.15, 0.2) is 0 Å². The quantitative estimate of drug-likeness (QED) is 0.901.